The molecule has 1 unspecified atom stereocenters. The molecule has 1 aromatic carbocycles. The van der Waals surface area contributed by atoms with Crippen LogP contribution in [0.3, 0.4) is 0 Å². The van der Waals surface area contributed by atoms with Gasteiger partial charge in [0.15, 0.2) is 0 Å². The highest BCUT2D eigenvalue weighted by atomic mass is 35.7. The van der Waals surface area contributed by atoms with E-state index in [-0.39, 0.29) is 23.2 Å². The molecule has 1 aliphatic rings. The summed E-state index contributed by atoms with van der Waals surface area (Å²) >= 11 is 7.40. The minimum atomic E-state index is -0.874. The van der Waals surface area contributed by atoms with Gasteiger partial charge in [0, 0.05) is 5.69 Å². The highest BCUT2D eigenvalue weighted by molar-refractivity contribution is 8.11. The van der Waals surface area contributed by atoms with Crippen LogP contribution in [0.4, 0.5) is 5.69 Å². The Bertz CT molecular complexity index is 681. The van der Waals surface area contributed by atoms with Crippen molar-refractivity contribution in [2.24, 2.45) is 0 Å². The summed E-state index contributed by atoms with van der Waals surface area (Å²) in [5.74, 6) is 0. The van der Waals surface area contributed by atoms with E-state index in [9.17, 15) is 0 Å². The molecule has 0 bridgehead atoms. The lowest BCUT2D eigenvalue weighted by Gasteiger charge is -2.46. The number of hydrogen-bond donors (Lipinski definition) is 0. The second-order valence-corrected chi connectivity index (χ2v) is 14.0. The molecule has 150 valence electrons. The van der Waals surface area contributed by atoms with Gasteiger partial charge in [0.25, 0.3) is 6.57 Å². The first kappa shape index (κ1) is 23.1. The second kappa shape index (κ2) is 7.26. The average Bonchev–Trinajstić information content (AvgIpc) is 2.71. The topological polar surface area (TPSA) is 6.48 Å². The van der Waals surface area contributed by atoms with Crippen LogP contribution in [0.2, 0.25) is 10.6 Å². The lowest BCUT2D eigenvalue weighted by molar-refractivity contribution is 0.347. The molecule has 2 nitrogen and oxygen atoms in total. The molecular formula is C21H38B2ClN2P. The van der Waals surface area contributed by atoms with Gasteiger partial charge in [-0.1, -0.05) is 70.5 Å². The zero-order chi connectivity index (χ0) is 21.1. The third-order valence-corrected chi connectivity index (χ3v) is 8.66. The monoisotopic (exact) mass is 406 g/mol. The van der Waals surface area contributed by atoms with Crippen LogP contribution in [-0.4, -0.2) is 23.8 Å². The molecule has 0 radical (unpaired) electrons. The first-order valence-electron chi connectivity index (χ1n) is 10.1. The van der Waals surface area contributed by atoms with Crippen LogP contribution >= 0.6 is 18.5 Å². The van der Waals surface area contributed by atoms with Crippen LogP contribution in [0.5, 0.6) is 0 Å². The lowest BCUT2D eigenvalue weighted by atomic mass is 9.43. The lowest BCUT2D eigenvalue weighted by Crippen LogP contribution is -2.61. The molecular weight excluding hydrogens is 368 g/mol. The van der Waals surface area contributed by atoms with Gasteiger partial charge in [0.1, 0.15) is 0 Å². The van der Waals surface area contributed by atoms with Crippen LogP contribution in [0.25, 0.3) is 0 Å². The first-order valence-corrected chi connectivity index (χ1v) is 12.3. The molecule has 2 rings (SSSR count). The van der Waals surface area contributed by atoms with Gasteiger partial charge in [-0.25, -0.2) is 0 Å². The minimum Gasteiger partial charge on any atom is -0.373 e. The molecule has 1 saturated heterocycles. The SMILES string of the molecule is Cc1cc(C)c(N2B(C(C)(C)C)N(C(C)(C)C)B(C(C)(C)C)P2Cl)c(C)c1. The zero-order valence-electron chi connectivity index (χ0n) is 19.5. The predicted molar refractivity (Wildman–Crippen MR) is 128 cm³/mol. The van der Waals surface area contributed by atoms with Gasteiger partial charge in [-0.2, -0.15) is 0 Å². The molecule has 0 N–H and O–H groups in total. The van der Waals surface area contributed by atoms with Crippen molar-refractivity contribution in [3.63, 3.8) is 0 Å². The first-order chi connectivity index (χ1) is 12.0. The maximum Gasteiger partial charge on any atom is 0.341 e. The molecule has 1 fully saturated rings. The van der Waals surface area contributed by atoms with Crippen molar-refractivity contribution in [2.45, 2.75) is 99.3 Å². The summed E-state index contributed by atoms with van der Waals surface area (Å²) in [6, 6.07) is 4.60. The Kier molecular flexibility index (Phi) is 6.22. The van der Waals surface area contributed by atoms with Gasteiger partial charge in [0.05, 0.1) is 7.30 Å². The number of anilines is 1. The van der Waals surface area contributed by atoms with E-state index in [1.54, 1.807) is 0 Å². The summed E-state index contributed by atoms with van der Waals surface area (Å²) in [6.07, 6.45) is 0. The van der Waals surface area contributed by atoms with Crippen LogP contribution in [0.15, 0.2) is 12.1 Å². The fraction of sp³-hybridized carbons (Fsp3) is 0.714. The average molecular weight is 407 g/mol. The summed E-state index contributed by atoms with van der Waals surface area (Å²) in [4.78, 5) is 0. The molecule has 6 heteroatoms. The molecule has 0 aliphatic carbocycles. The van der Waals surface area contributed by atoms with Gasteiger partial charge in [-0.15, -0.1) is 0 Å². The Morgan fingerprint density at radius 3 is 1.59 bits per heavy atom. The van der Waals surface area contributed by atoms with Crippen molar-refractivity contribution in [3.05, 3.63) is 28.8 Å². The Hall–Kier alpha value is -0.170. The van der Waals surface area contributed by atoms with Crippen molar-refractivity contribution in [3.8, 4) is 0 Å². The van der Waals surface area contributed by atoms with Crippen molar-refractivity contribution in [2.75, 3.05) is 4.58 Å². The third kappa shape index (κ3) is 4.39. The van der Waals surface area contributed by atoms with Gasteiger partial charge < -0.3 is 9.30 Å². The van der Waals surface area contributed by atoms with Crippen molar-refractivity contribution < 1.29 is 0 Å². The van der Waals surface area contributed by atoms with E-state index in [4.69, 9.17) is 11.2 Å². The van der Waals surface area contributed by atoms with Gasteiger partial charge in [-0.05, 0) is 68.8 Å². The summed E-state index contributed by atoms with van der Waals surface area (Å²) in [6.45, 7) is 28.3. The normalized spacial score (nSPS) is 20.0. The van der Waals surface area contributed by atoms with Gasteiger partial charge >= 0.3 is 6.98 Å². The van der Waals surface area contributed by atoms with Crippen LogP contribution < -0.4 is 4.58 Å². The number of nitrogens with zero attached hydrogens (tertiary/aromatic N) is 2. The Labute approximate surface area is 175 Å². The van der Waals surface area contributed by atoms with E-state index in [1.807, 2.05) is 0 Å². The molecule has 0 spiro atoms. The number of halogens is 1. The van der Waals surface area contributed by atoms with Crippen molar-refractivity contribution >= 4 is 37.8 Å². The Morgan fingerprint density at radius 2 is 1.26 bits per heavy atom. The molecule has 1 aliphatic heterocycles. The van der Waals surface area contributed by atoms with Crippen molar-refractivity contribution in [1.82, 2.24) is 4.72 Å². The Morgan fingerprint density at radius 1 is 0.815 bits per heavy atom. The van der Waals surface area contributed by atoms with Gasteiger partial charge in [-0.3, -0.25) is 0 Å². The van der Waals surface area contributed by atoms with E-state index in [0.717, 1.165) is 0 Å². The fourth-order valence-corrected chi connectivity index (χ4v) is 8.94. The van der Waals surface area contributed by atoms with Crippen molar-refractivity contribution in [1.29, 1.82) is 0 Å². The largest absolute Gasteiger partial charge is 0.373 e. The van der Waals surface area contributed by atoms with E-state index in [1.165, 1.54) is 22.4 Å². The molecule has 1 heterocycles. The second-order valence-electron chi connectivity index (χ2n) is 11.4. The van der Waals surface area contributed by atoms with Gasteiger partial charge in [0.2, 0.25) is 0 Å². The third-order valence-electron chi connectivity index (χ3n) is 5.35. The summed E-state index contributed by atoms with van der Waals surface area (Å²) in [5.41, 5.74) is 5.35. The smallest absolute Gasteiger partial charge is 0.341 e. The standard InChI is InChI=1S/C21H38B2ClN2P/c1-15-13-16(2)18(17(3)14-15)25-22(19(4,5)6)26(21(10,11)12)23(27(25)24)20(7,8)9/h13-14H,1-12H3. The molecule has 27 heavy (non-hydrogen) atoms. The van der Waals surface area contributed by atoms with E-state index < -0.39 is 7.30 Å². The van der Waals surface area contributed by atoms with E-state index >= 15 is 0 Å². The van der Waals surface area contributed by atoms with E-state index in [2.05, 4.69) is 105 Å². The number of aryl methyl sites for hydroxylation is 3. The number of rotatable bonds is 1. The molecule has 0 aromatic heterocycles. The highest BCUT2D eigenvalue weighted by Gasteiger charge is 2.62. The maximum atomic E-state index is 7.40. The number of hydrogen-bond acceptors (Lipinski definition) is 2. The molecule has 0 amide bonds. The zero-order valence-corrected chi connectivity index (χ0v) is 21.2. The maximum absolute atomic E-state index is 7.40. The number of benzene rings is 1. The Balaban J connectivity index is 2.80. The van der Waals surface area contributed by atoms with Crippen LogP contribution in [-0.2, 0) is 0 Å². The molecule has 1 atom stereocenters. The predicted octanol–water partition coefficient (Wildman–Crippen LogP) is 7.66. The highest BCUT2D eigenvalue weighted by Crippen LogP contribution is 2.67. The molecule has 0 saturated carbocycles. The minimum absolute atomic E-state index is 0.0343. The fourth-order valence-electron chi connectivity index (χ4n) is 4.58. The van der Waals surface area contributed by atoms with E-state index in [0.29, 0.717) is 6.57 Å². The summed E-state index contributed by atoms with van der Waals surface area (Å²) < 4.78 is 5.30. The van der Waals surface area contributed by atoms with Crippen LogP contribution in [0.1, 0.15) is 79.0 Å². The quantitative estimate of drug-likeness (QED) is 0.349. The molecule has 1 aromatic rings. The summed E-state index contributed by atoms with van der Waals surface area (Å²) in [7, 11) is -0.874. The summed E-state index contributed by atoms with van der Waals surface area (Å²) in [5, 5.41) is 0.179. The van der Waals surface area contributed by atoms with Crippen LogP contribution in [0, 0.1) is 20.8 Å².